The maximum atomic E-state index is 12.7. The van der Waals surface area contributed by atoms with Gasteiger partial charge in [-0.15, -0.1) is 5.10 Å². The number of aromatic nitrogens is 4. The molecule has 2 aliphatic heterocycles. The normalized spacial score (nSPS) is 23.4. The Morgan fingerprint density at radius 3 is 2.67 bits per heavy atom. The molecule has 144 valence electrons. The summed E-state index contributed by atoms with van der Waals surface area (Å²) in [5, 5.41) is 14.7. The Bertz CT molecular complexity index is 769. The van der Waals surface area contributed by atoms with E-state index < -0.39 is 0 Å². The van der Waals surface area contributed by atoms with Crippen LogP contribution < -0.4 is 5.32 Å². The first-order valence-electron chi connectivity index (χ1n) is 9.65. The number of amides is 1. The molecule has 8 nitrogen and oxygen atoms in total. The Morgan fingerprint density at radius 1 is 1.19 bits per heavy atom. The minimum atomic E-state index is -0.0438. The molecule has 0 aliphatic carbocycles. The van der Waals surface area contributed by atoms with Gasteiger partial charge in [0.15, 0.2) is 0 Å². The number of likely N-dealkylation sites (tertiary alicyclic amines) is 1. The third kappa shape index (κ3) is 4.17. The molecular weight excluding hydrogens is 344 g/mol. The average Bonchev–Trinajstić information content (AvgIpc) is 3.32. The molecule has 4 rings (SSSR count). The minimum absolute atomic E-state index is 0.0438. The zero-order valence-electron chi connectivity index (χ0n) is 15.7. The maximum absolute atomic E-state index is 12.7. The van der Waals surface area contributed by atoms with E-state index in [1.54, 1.807) is 4.68 Å². The Morgan fingerprint density at radius 2 is 1.96 bits per heavy atom. The second-order valence-electron chi connectivity index (χ2n) is 7.36. The Balaban J connectivity index is 1.37. The van der Waals surface area contributed by atoms with Crippen molar-refractivity contribution in [1.82, 2.24) is 30.4 Å². The van der Waals surface area contributed by atoms with Crippen LogP contribution in [-0.4, -0.2) is 69.4 Å². The van der Waals surface area contributed by atoms with E-state index >= 15 is 0 Å². The maximum Gasteiger partial charge on any atom is 0.251 e. The van der Waals surface area contributed by atoms with Gasteiger partial charge in [-0.05, 0) is 61.0 Å². The summed E-state index contributed by atoms with van der Waals surface area (Å²) >= 11 is 0. The van der Waals surface area contributed by atoms with Gasteiger partial charge in [0.2, 0.25) is 0 Å². The van der Waals surface area contributed by atoms with E-state index in [1.165, 1.54) is 19.3 Å². The van der Waals surface area contributed by atoms with Crippen molar-refractivity contribution in [3.63, 3.8) is 0 Å². The van der Waals surface area contributed by atoms with Crippen LogP contribution >= 0.6 is 0 Å². The molecule has 2 saturated heterocycles. The molecule has 2 aliphatic rings. The van der Waals surface area contributed by atoms with Crippen LogP contribution in [0.2, 0.25) is 0 Å². The minimum Gasteiger partial charge on any atom is -0.378 e. The first-order chi connectivity index (χ1) is 13.2. The van der Waals surface area contributed by atoms with Crippen LogP contribution in [0, 0.1) is 6.92 Å². The van der Waals surface area contributed by atoms with E-state index in [0.717, 1.165) is 24.5 Å². The quantitative estimate of drug-likeness (QED) is 0.846. The fourth-order valence-electron chi connectivity index (χ4n) is 3.87. The van der Waals surface area contributed by atoms with Crippen molar-refractivity contribution in [2.45, 2.75) is 44.8 Å². The molecule has 2 atom stereocenters. The molecule has 0 saturated carbocycles. The SMILES string of the molecule is Cc1nnnn1Cc1ccc(C(=O)N[C@H]2COC[C@@H]2N2CCCCC2)cc1. The van der Waals surface area contributed by atoms with Gasteiger partial charge >= 0.3 is 0 Å². The first kappa shape index (κ1) is 18.1. The lowest BCUT2D eigenvalue weighted by atomic mass is 10.0. The molecule has 0 radical (unpaired) electrons. The number of carbonyl (C=O) groups is 1. The number of nitrogens with zero attached hydrogens (tertiary/aromatic N) is 5. The molecule has 0 bridgehead atoms. The molecule has 1 amide bonds. The summed E-state index contributed by atoms with van der Waals surface area (Å²) in [4.78, 5) is 15.2. The molecule has 2 aromatic rings. The lowest BCUT2D eigenvalue weighted by Crippen LogP contribution is -2.52. The smallest absolute Gasteiger partial charge is 0.251 e. The standard InChI is InChI=1S/C19H26N6O2/c1-14-21-22-23-25(14)11-15-5-7-16(8-6-15)19(26)20-17-12-27-13-18(17)24-9-3-2-4-10-24/h5-8,17-18H,2-4,9-13H2,1H3,(H,20,26)/t17-,18-/m0/s1. The third-order valence-corrected chi connectivity index (χ3v) is 5.49. The number of rotatable bonds is 5. The Kier molecular flexibility index (Phi) is 5.45. The van der Waals surface area contributed by atoms with Gasteiger partial charge in [0.05, 0.1) is 31.8 Å². The number of tetrazole rings is 1. The van der Waals surface area contributed by atoms with Crippen LogP contribution in [0.1, 0.15) is 41.0 Å². The van der Waals surface area contributed by atoms with Crippen molar-refractivity contribution >= 4 is 5.91 Å². The molecule has 27 heavy (non-hydrogen) atoms. The van der Waals surface area contributed by atoms with Gasteiger partial charge in [-0.1, -0.05) is 18.6 Å². The van der Waals surface area contributed by atoms with Crippen LogP contribution in [0.15, 0.2) is 24.3 Å². The van der Waals surface area contributed by atoms with E-state index in [9.17, 15) is 4.79 Å². The van der Waals surface area contributed by atoms with Crippen molar-refractivity contribution < 1.29 is 9.53 Å². The highest BCUT2D eigenvalue weighted by molar-refractivity contribution is 5.94. The van der Waals surface area contributed by atoms with Crippen LogP contribution in [0.3, 0.4) is 0 Å². The predicted octanol–water partition coefficient (Wildman–Crippen LogP) is 1.01. The summed E-state index contributed by atoms with van der Waals surface area (Å²) in [6.45, 7) is 5.95. The van der Waals surface area contributed by atoms with E-state index in [1.807, 2.05) is 31.2 Å². The monoisotopic (exact) mass is 370 g/mol. The topological polar surface area (TPSA) is 85.2 Å². The summed E-state index contributed by atoms with van der Waals surface area (Å²) < 4.78 is 7.40. The highest BCUT2D eigenvalue weighted by Crippen LogP contribution is 2.19. The van der Waals surface area contributed by atoms with Crippen LogP contribution in [0.5, 0.6) is 0 Å². The number of hydrogen-bond donors (Lipinski definition) is 1. The van der Waals surface area contributed by atoms with Crippen molar-refractivity contribution in [2.75, 3.05) is 26.3 Å². The number of piperidine rings is 1. The van der Waals surface area contributed by atoms with Crippen LogP contribution in [0.4, 0.5) is 0 Å². The molecule has 0 unspecified atom stereocenters. The van der Waals surface area contributed by atoms with Crippen molar-refractivity contribution in [2.24, 2.45) is 0 Å². The molecule has 2 fully saturated rings. The van der Waals surface area contributed by atoms with E-state index in [0.29, 0.717) is 25.3 Å². The van der Waals surface area contributed by atoms with E-state index in [4.69, 9.17) is 4.74 Å². The Labute approximate surface area is 158 Å². The molecular formula is C19H26N6O2. The fourth-order valence-corrected chi connectivity index (χ4v) is 3.87. The van der Waals surface area contributed by atoms with Crippen LogP contribution in [-0.2, 0) is 11.3 Å². The van der Waals surface area contributed by atoms with Crippen molar-refractivity contribution in [3.8, 4) is 0 Å². The highest BCUT2D eigenvalue weighted by atomic mass is 16.5. The molecule has 8 heteroatoms. The third-order valence-electron chi connectivity index (χ3n) is 5.49. The van der Waals surface area contributed by atoms with E-state index in [2.05, 4.69) is 25.7 Å². The summed E-state index contributed by atoms with van der Waals surface area (Å²) in [5.74, 6) is 0.722. The summed E-state index contributed by atoms with van der Waals surface area (Å²) in [6.07, 6.45) is 3.77. The van der Waals surface area contributed by atoms with Gasteiger partial charge < -0.3 is 10.1 Å². The van der Waals surface area contributed by atoms with Crippen molar-refractivity contribution in [3.05, 3.63) is 41.2 Å². The molecule has 1 N–H and O–H groups in total. The number of ether oxygens (including phenoxy) is 1. The van der Waals surface area contributed by atoms with Gasteiger partial charge in [0.1, 0.15) is 5.82 Å². The van der Waals surface area contributed by atoms with Crippen molar-refractivity contribution in [1.29, 1.82) is 0 Å². The molecule has 1 aromatic heterocycles. The average molecular weight is 370 g/mol. The van der Waals surface area contributed by atoms with E-state index in [-0.39, 0.29) is 18.0 Å². The zero-order valence-corrected chi connectivity index (χ0v) is 15.7. The first-order valence-corrected chi connectivity index (χ1v) is 9.65. The lowest BCUT2D eigenvalue weighted by molar-refractivity contribution is 0.0900. The number of carbonyl (C=O) groups excluding carboxylic acids is 1. The number of benzene rings is 1. The predicted molar refractivity (Wildman–Crippen MR) is 99.4 cm³/mol. The fraction of sp³-hybridized carbons (Fsp3) is 0.579. The molecule has 0 spiro atoms. The summed E-state index contributed by atoms with van der Waals surface area (Å²) in [7, 11) is 0. The lowest BCUT2D eigenvalue weighted by Gasteiger charge is -2.34. The number of hydrogen-bond acceptors (Lipinski definition) is 6. The van der Waals surface area contributed by atoms with Gasteiger partial charge in [0.25, 0.3) is 5.91 Å². The number of aryl methyl sites for hydroxylation is 1. The number of nitrogens with one attached hydrogen (secondary N) is 1. The van der Waals surface area contributed by atoms with Gasteiger partial charge in [-0.25, -0.2) is 4.68 Å². The van der Waals surface area contributed by atoms with Gasteiger partial charge in [0, 0.05) is 5.56 Å². The van der Waals surface area contributed by atoms with Crippen LogP contribution in [0.25, 0.3) is 0 Å². The van der Waals surface area contributed by atoms with Gasteiger partial charge in [-0.2, -0.15) is 0 Å². The highest BCUT2D eigenvalue weighted by Gasteiger charge is 2.34. The second-order valence-corrected chi connectivity index (χ2v) is 7.36. The zero-order chi connectivity index (χ0) is 18.6. The molecule has 3 heterocycles. The van der Waals surface area contributed by atoms with Gasteiger partial charge in [-0.3, -0.25) is 9.69 Å². The summed E-state index contributed by atoms with van der Waals surface area (Å²) in [5.41, 5.74) is 1.72. The Hall–Kier alpha value is -2.32. The largest absolute Gasteiger partial charge is 0.378 e. The molecule has 1 aromatic carbocycles. The second kappa shape index (κ2) is 8.14. The summed E-state index contributed by atoms with van der Waals surface area (Å²) in [6, 6.07) is 7.95.